The van der Waals surface area contributed by atoms with Crippen LogP contribution in [0.25, 0.3) is 11.0 Å². The number of ether oxygens (including phenoxy) is 1. The number of benzene rings is 2. The molecule has 3 aromatic heterocycles. The maximum atomic E-state index is 14.0. The van der Waals surface area contributed by atoms with Crippen LogP contribution in [0.1, 0.15) is 26.4 Å². The highest BCUT2D eigenvalue weighted by molar-refractivity contribution is 7.90. The fraction of sp³-hybridized carbons (Fsp3) is 0.273. The van der Waals surface area contributed by atoms with Gasteiger partial charge in [0.15, 0.2) is 5.65 Å². The predicted molar refractivity (Wildman–Crippen MR) is 188 cm³/mol. The molecule has 2 amide bonds. The van der Waals surface area contributed by atoms with E-state index in [1.54, 1.807) is 61.7 Å². The summed E-state index contributed by atoms with van der Waals surface area (Å²) in [7, 11) is 2.73. The third-order valence-electron chi connectivity index (χ3n) is 8.03. The molecule has 6 rings (SSSR count). The molecule has 1 aliphatic heterocycles. The molecule has 0 aliphatic carbocycles. The second-order valence-electron chi connectivity index (χ2n) is 11.7. The summed E-state index contributed by atoms with van der Waals surface area (Å²) in [5, 5.41) is 11.4. The number of aryl methyl sites for hydroxylation is 2. The number of anilines is 5. The van der Waals surface area contributed by atoms with Crippen molar-refractivity contribution in [3.8, 4) is 5.75 Å². The molecule has 0 bridgehead atoms. The highest BCUT2D eigenvalue weighted by Crippen LogP contribution is 2.40. The van der Waals surface area contributed by atoms with Crippen molar-refractivity contribution in [3.05, 3.63) is 75.6 Å². The Morgan fingerprint density at radius 1 is 1.04 bits per heavy atom. The zero-order valence-electron chi connectivity index (χ0n) is 27.4. The fourth-order valence-electron chi connectivity index (χ4n) is 5.67. The van der Waals surface area contributed by atoms with E-state index in [1.165, 1.54) is 17.5 Å². The quantitative estimate of drug-likeness (QED) is 0.189. The number of rotatable bonds is 10. The molecule has 0 saturated heterocycles. The first-order valence-corrected chi connectivity index (χ1v) is 17.4. The van der Waals surface area contributed by atoms with Crippen LogP contribution in [0.15, 0.2) is 58.9 Å². The summed E-state index contributed by atoms with van der Waals surface area (Å²) in [6.45, 7) is 4.47. The third kappa shape index (κ3) is 6.07. The van der Waals surface area contributed by atoms with Crippen LogP contribution in [0.5, 0.6) is 5.75 Å². The molecule has 250 valence electrons. The van der Waals surface area contributed by atoms with E-state index in [1.807, 2.05) is 38.1 Å². The largest absolute Gasteiger partial charge is 0.495 e. The van der Waals surface area contributed by atoms with E-state index >= 15 is 0 Å². The van der Waals surface area contributed by atoms with Gasteiger partial charge in [0, 0.05) is 25.5 Å². The molecule has 48 heavy (non-hydrogen) atoms. The van der Waals surface area contributed by atoms with Gasteiger partial charge in [-0.1, -0.05) is 17.7 Å². The summed E-state index contributed by atoms with van der Waals surface area (Å²) < 4.78 is 34.9. The molecule has 0 fully saturated rings. The summed E-state index contributed by atoms with van der Waals surface area (Å²) in [6, 6.07) is 12.1. The molecule has 0 unspecified atom stereocenters. The summed E-state index contributed by atoms with van der Waals surface area (Å²) in [5.74, 6) is 0.569. The van der Waals surface area contributed by atoms with Gasteiger partial charge in [0.1, 0.15) is 16.4 Å². The van der Waals surface area contributed by atoms with Crippen molar-refractivity contribution in [1.29, 1.82) is 0 Å². The second-order valence-corrected chi connectivity index (χ2v) is 14.5. The molecule has 0 saturated carbocycles. The smallest absolute Gasteiger partial charge is 0.269 e. The third-order valence-corrected chi connectivity index (χ3v) is 10.6. The zero-order chi connectivity index (χ0) is 34.3. The van der Waals surface area contributed by atoms with Crippen molar-refractivity contribution >= 4 is 73.0 Å². The average Bonchev–Trinajstić information content (AvgIpc) is 3.77. The molecule has 4 heterocycles. The standard InChI is InChI=1S/C33H36N8O5S2/c1-19-7-9-22(10-8-19)48(44,45)41-17-20(2)28-30(35-23-12-14-47-29(23)32(43)34-3)37-33(38-31(28)41)36-24-16-25-21(15-26(24)46-6)11-13-40(25)27(42)18-39(4)5/h7-10,12,14-17H,11,13,18H2,1-6H3,(H,34,43)(H2,35,36,37,38). The molecule has 0 spiro atoms. The first kappa shape index (κ1) is 32.9. The SMILES string of the molecule is CNC(=O)c1sccc1Nc1nc(Nc2cc3c(cc2OC)CCN3C(=O)CN(C)C)nc2c1c(C)cn2S(=O)(=O)c1ccc(C)cc1. The maximum Gasteiger partial charge on any atom is 0.269 e. The number of hydrogen-bond acceptors (Lipinski definition) is 11. The van der Waals surface area contributed by atoms with Crippen molar-refractivity contribution in [3.63, 3.8) is 0 Å². The van der Waals surface area contributed by atoms with Gasteiger partial charge in [0.2, 0.25) is 11.9 Å². The number of carbonyl (C=O) groups is 2. The summed E-state index contributed by atoms with van der Waals surface area (Å²) in [4.78, 5) is 39.3. The molecular weight excluding hydrogens is 653 g/mol. The zero-order valence-corrected chi connectivity index (χ0v) is 29.0. The lowest BCUT2D eigenvalue weighted by atomic mass is 10.1. The van der Waals surface area contributed by atoms with Crippen LogP contribution >= 0.6 is 11.3 Å². The minimum absolute atomic E-state index is 0.0312. The van der Waals surface area contributed by atoms with Gasteiger partial charge in [-0.15, -0.1) is 11.3 Å². The number of methoxy groups -OCH3 is 1. The van der Waals surface area contributed by atoms with Gasteiger partial charge in [-0.25, -0.2) is 12.4 Å². The molecule has 0 atom stereocenters. The van der Waals surface area contributed by atoms with Crippen molar-refractivity contribution in [2.75, 3.05) is 56.9 Å². The Morgan fingerprint density at radius 2 is 1.79 bits per heavy atom. The Labute approximate surface area is 282 Å². The monoisotopic (exact) mass is 688 g/mol. The number of fused-ring (bicyclic) bond motifs is 2. The first-order chi connectivity index (χ1) is 22.9. The molecular formula is C33H36N8O5S2. The van der Waals surface area contributed by atoms with E-state index in [4.69, 9.17) is 14.7 Å². The highest BCUT2D eigenvalue weighted by Gasteiger charge is 2.28. The number of nitrogens with zero attached hydrogens (tertiary/aromatic N) is 5. The molecule has 1 aliphatic rings. The van der Waals surface area contributed by atoms with E-state index in [0.717, 1.165) is 20.8 Å². The summed E-state index contributed by atoms with van der Waals surface area (Å²) in [6.07, 6.45) is 2.20. The Morgan fingerprint density at radius 3 is 2.48 bits per heavy atom. The van der Waals surface area contributed by atoms with E-state index < -0.39 is 10.0 Å². The minimum atomic E-state index is -4.07. The number of nitrogens with one attached hydrogen (secondary N) is 3. The van der Waals surface area contributed by atoms with E-state index in [0.29, 0.717) is 51.7 Å². The number of thiophene rings is 1. The number of likely N-dealkylation sites (N-methyl/N-ethyl adjacent to an activating group) is 1. The first-order valence-electron chi connectivity index (χ1n) is 15.1. The van der Waals surface area contributed by atoms with Crippen LogP contribution < -0.4 is 25.6 Å². The van der Waals surface area contributed by atoms with Crippen molar-refractivity contribution in [1.82, 2.24) is 24.2 Å². The van der Waals surface area contributed by atoms with Crippen LogP contribution in [-0.4, -0.2) is 80.4 Å². The maximum absolute atomic E-state index is 14.0. The van der Waals surface area contributed by atoms with Crippen LogP contribution in [0.3, 0.4) is 0 Å². The number of amides is 2. The molecule has 15 heteroatoms. The van der Waals surface area contributed by atoms with Gasteiger partial charge in [0.25, 0.3) is 15.9 Å². The van der Waals surface area contributed by atoms with Crippen LogP contribution in [-0.2, 0) is 21.2 Å². The Bertz CT molecular complexity index is 2160. The number of aromatic nitrogens is 3. The second kappa shape index (κ2) is 12.9. The van der Waals surface area contributed by atoms with Gasteiger partial charge in [0.05, 0.1) is 35.3 Å². The van der Waals surface area contributed by atoms with Crippen LogP contribution in [0.4, 0.5) is 28.8 Å². The lowest BCUT2D eigenvalue weighted by molar-refractivity contribution is -0.119. The number of hydrogen-bond donors (Lipinski definition) is 3. The normalized spacial score (nSPS) is 12.8. The van der Waals surface area contributed by atoms with Crippen LogP contribution in [0, 0.1) is 13.8 Å². The number of carbonyl (C=O) groups excluding carboxylic acids is 2. The molecule has 5 aromatic rings. The van der Waals surface area contributed by atoms with E-state index in [2.05, 4.69) is 16.0 Å². The van der Waals surface area contributed by atoms with Crippen molar-refractivity contribution in [2.45, 2.75) is 25.2 Å². The minimum Gasteiger partial charge on any atom is -0.495 e. The van der Waals surface area contributed by atoms with Gasteiger partial charge < -0.3 is 30.5 Å². The topological polar surface area (TPSA) is 151 Å². The predicted octanol–water partition coefficient (Wildman–Crippen LogP) is 4.65. The van der Waals surface area contributed by atoms with Crippen molar-refractivity contribution < 1.29 is 22.7 Å². The van der Waals surface area contributed by atoms with E-state index in [-0.39, 0.29) is 34.9 Å². The Kier molecular flexibility index (Phi) is 8.85. The average molecular weight is 689 g/mol. The van der Waals surface area contributed by atoms with Crippen LogP contribution in [0.2, 0.25) is 0 Å². The summed E-state index contributed by atoms with van der Waals surface area (Å²) >= 11 is 1.26. The van der Waals surface area contributed by atoms with Crippen molar-refractivity contribution in [2.24, 2.45) is 0 Å². The van der Waals surface area contributed by atoms with Gasteiger partial charge in [-0.05, 0) is 81.2 Å². The molecule has 3 N–H and O–H groups in total. The Balaban J connectivity index is 1.50. The lowest BCUT2D eigenvalue weighted by Gasteiger charge is -2.21. The lowest BCUT2D eigenvalue weighted by Crippen LogP contribution is -2.36. The fourth-order valence-corrected chi connectivity index (χ4v) is 7.83. The Hall–Kier alpha value is -4.99. The van der Waals surface area contributed by atoms with Gasteiger partial charge >= 0.3 is 0 Å². The molecule has 0 radical (unpaired) electrons. The molecule has 2 aromatic carbocycles. The summed E-state index contributed by atoms with van der Waals surface area (Å²) in [5.41, 5.74) is 4.38. The van der Waals surface area contributed by atoms with Gasteiger partial charge in [-0.2, -0.15) is 9.97 Å². The van der Waals surface area contributed by atoms with Gasteiger partial charge in [-0.3, -0.25) is 9.59 Å². The van der Waals surface area contributed by atoms with E-state index in [9.17, 15) is 18.0 Å². The molecule has 13 nitrogen and oxygen atoms in total. The highest BCUT2D eigenvalue weighted by atomic mass is 32.2.